The van der Waals surface area contributed by atoms with Crippen molar-refractivity contribution >= 4 is 17.2 Å². The molecule has 0 aliphatic carbocycles. The molecule has 1 amide bonds. The molecule has 2 aromatic carbocycles. The van der Waals surface area contributed by atoms with Gasteiger partial charge in [0, 0.05) is 12.4 Å². The van der Waals surface area contributed by atoms with Gasteiger partial charge < -0.3 is 10.1 Å². The van der Waals surface area contributed by atoms with Crippen molar-refractivity contribution in [2.75, 3.05) is 5.32 Å². The highest BCUT2D eigenvalue weighted by atomic mass is 16.5. The first kappa shape index (κ1) is 15.0. The topological polar surface area (TPSA) is 55.6 Å². The smallest absolute Gasteiger partial charge is 0.272 e. The van der Waals surface area contributed by atoms with Crippen molar-refractivity contribution in [3.8, 4) is 11.5 Å². The number of carbonyl (C=O) groups excluding carboxylic acids is 1. The van der Waals surface area contributed by atoms with Crippen LogP contribution in [0.1, 0.15) is 10.5 Å². The fourth-order valence-corrected chi connectivity index (χ4v) is 2.59. The number of aromatic nitrogens is 2. The molecule has 0 atom stereocenters. The molecule has 0 unspecified atom stereocenters. The van der Waals surface area contributed by atoms with Crippen molar-refractivity contribution in [3.63, 3.8) is 0 Å². The van der Waals surface area contributed by atoms with Crippen LogP contribution < -0.4 is 10.1 Å². The summed E-state index contributed by atoms with van der Waals surface area (Å²) in [5, 5.41) is 2.92. The zero-order chi connectivity index (χ0) is 17.1. The Bertz CT molecular complexity index is 1030. The van der Waals surface area contributed by atoms with E-state index in [9.17, 15) is 4.79 Å². The number of para-hydroxylation sites is 3. The molecular weight excluding hydrogens is 314 g/mol. The molecule has 0 spiro atoms. The van der Waals surface area contributed by atoms with E-state index in [0.717, 1.165) is 5.65 Å². The number of hydrogen-bond donors (Lipinski definition) is 1. The van der Waals surface area contributed by atoms with Gasteiger partial charge >= 0.3 is 0 Å². The lowest BCUT2D eigenvalue weighted by Gasteiger charge is -2.12. The average molecular weight is 329 g/mol. The van der Waals surface area contributed by atoms with E-state index in [0.29, 0.717) is 22.9 Å². The SMILES string of the molecule is O=C(Nc1ccccc1Oc1ccccc1)c1cccc2nccn12. The van der Waals surface area contributed by atoms with Crippen molar-refractivity contribution < 1.29 is 9.53 Å². The minimum Gasteiger partial charge on any atom is -0.455 e. The van der Waals surface area contributed by atoms with Crippen molar-refractivity contribution in [2.24, 2.45) is 0 Å². The molecule has 2 aromatic heterocycles. The number of rotatable bonds is 4. The Balaban J connectivity index is 1.63. The van der Waals surface area contributed by atoms with E-state index in [1.165, 1.54) is 0 Å². The lowest BCUT2D eigenvalue weighted by Crippen LogP contribution is -2.16. The Labute approximate surface area is 144 Å². The number of ether oxygens (including phenoxy) is 1. The summed E-state index contributed by atoms with van der Waals surface area (Å²) in [5.74, 6) is 1.06. The van der Waals surface area contributed by atoms with Gasteiger partial charge in [-0.1, -0.05) is 36.4 Å². The van der Waals surface area contributed by atoms with Gasteiger partial charge in [-0.2, -0.15) is 0 Å². The highest BCUT2D eigenvalue weighted by Gasteiger charge is 2.13. The number of carbonyl (C=O) groups is 1. The molecular formula is C20H15N3O2. The molecule has 0 saturated carbocycles. The Kier molecular flexibility index (Phi) is 3.88. The van der Waals surface area contributed by atoms with Gasteiger partial charge in [0.2, 0.25) is 0 Å². The molecule has 2 heterocycles. The number of fused-ring (bicyclic) bond motifs is 1. The molecule has 0 aliphatic rings. The summed E-state index contributed by atoms with van der Waals surface area (Å²) in [6, 6.07) is 22.2. The molecule has 5 nitrogen and oxygen atoms in total. The highest BCUT2D eigenvalue weighted by Crippen LogP contribution is 2.29. The third-order valence-electron chi connectivity index (χ3n) is 3.77. The second-order valence-electron chi connectivity index (χ2n) is 5.43. The summed E-state index contributed by atoms with van der Waals surface area (Å²) < 4.78 is 7.63. The number of nitrogens with one attached hydrogen (secondary N) is 1. The lowest BCUT2D eigenvalue weighted by molar-refractivity contribution is 0.102. The zero-order valence-electron chi connectivity index (χ0n) is 13.3. The number of anilines is 1. The predicted octanol–water partition coefficient (Wildman–Crippen LogP) is 4.38. The first-order valence-corrected chi connectivity index (χ1v) is 7.86. The van der Waals surface area contributed by atoms with E-state index in [1.54, 1.807) is 22.9 Å². The Morgan fingerprint density at radius 3 is 2.60 bits per heavy atom. The van der Waals surface area contributed by atoms with Crippen LogP contribution in [0.5, 0.6) is 11.5 Å². The number of imidazole rings is 1. The molecule has 0 saturated heterocycles. The van der Waals surface area contributed by atoms with Crippen molar-refractivity contribution in [3.05, 3.63) is 90.9 Å². The monoisotopic (exact) mass is 329 g/mol. The van der Waals surface area contributed by atoms with E-state index in [2.05, 4.69) is 10.3 Å². The predicted molar refractivity (Wildman–Crippen MR) is 96.1 cm³/mol. The van der Waals surface area contributed by atoms with Crippen LogP contribution in [0.2, 0.25) is 0 Å². The first-order chi connectivity index (χ1) is 12.3. The summed E-state index contributed by atoms with van der Waals surface area (Å²) >= 11 is 0. The van der Waals surface area contributed by atoms with Crippen LogP contribution in [0.3, 0.4) is 0 Å². The molecule has 0 radical (unpaired) electrons. The molecule has 5 heteroatoms. The molecule has 122 valence electrons. The Hall–Kier alpha value is -3.60. The van der Waals surface area contributed by atoms with Crippen molar-refractivity contribution in [2.45, 2.75) is 0 Å². The fourth-order valence-electron chi connectivity index (χ4n) is 2.59. The minimum atomic E-state index is -0.229. The van der Waals surface area contributed by atoms with Gasteiger partial charge in [0.15, 0.2) is 5.75 Å². The highest BCUT2D eigenvalue weighted by molar-refractivity contribution is 6.04. The van der Waals surface area contributed by atoms with Crippen LogP contribution in [-0.2, 0) is 0 Å². The lowest BCUT2D eigenvalue weighted by atomic mass is 10.2. The maximum absolute atomic E-state index is 12.7. The van der Waals surface area contributed by atoms with Crippen LogP contribution >= 0.6 is 0 Å². The summed E-state index contributed by atoms with van der Waals surface area (Å²) in [4.78, 5) is 16.9. The third kappa shape index (κ3) is 3.07. The first-order valence-electron chi connectivity index (χ1n) is 7.86. The number of pyridine rings is 1. The molecule has 25 heavy (non-hydrogen) atoms. The van der Waals surface area contributed by atoms with E-state index >= 15 is 0 Å². The zero-order valence-corrected chi connectivity index (χ0v) is 13.3. The third-order valence-corrected chi connectivity index (χ3v) is 3.77. The van der Waals surface area contributed by atoms with Crippen LogP contribution in [0.25, 0.3) is 5.65 Å². The summed E-state index contributed by atoms with van der Waals surface area (Å²) in [6.45, 7) is 0. The number of amides is 1. The van der Waals surface area contributed by atoms with Gasteiger partial charge in [0.1, 0.15) is 17.1 Å². The molecule has 0 fully saturated rings. The standard InChI is InChI=1S/C20H15N3O2/c24-20(17-10-6-12-19-21-13-14-23(17)19)22-16-9-4-5-11-18(16)25-15-7-2-1-3-8-15/h1-14H,(H,22,24). The van der Waals surface area contributed by atoms with Gasteiger partial charge in [-0.15, -0.1) is 0 Å². The van der Waals surface area contributed by atoms with Gasteiger partial charge in [0.25, 0.3) is 5.91 Å². The number of hydrogen-bond acceptors (Lipinski definition) is 3. The molecule has 1 N–H and O–H groups in total. The van der Waals surface area contributed by atoms with Gasteiger partial charge in [-0.25, -0.2) is 4.98 Å². The Morgan fingerprint density at radius 2 is 1.72 bits per heavy atom. The van der Waals surface area contributed by atoms with Crippen LogP contribution in [0.4, 0.5) is 5.69 Å². The summed E-state index contributed by atoms with van der Waals surface area (Å²) in [6.07, 6.45) is 3.43. The summed E-state index contributed by atoms with van der Waals surface area (Å²) in [7, 11) is 0. The number of nitrogens with zero attached hydrogens (tertiary/aromatic N) is 2. The molecule has 0 bridgehead atoms. The quantitative estimate of drug-likeness (QED) is 0.604. The average Bonchev–Trinajstić information content (AvgIpc) is 3.13. The summed E-state index contributed by atoms with van der Waals surface area (Å²) in [5.41, 5.74) is 1.83. The van der Waals surface area contributed by atoms with Crippen molar-refractivity contribution in [1.82, 2.24) is 9.38 Å². The largest absolute Gasteiger partial charge is 0.455 e. The van der Waals surface area contributed by atoms with E-state index in [-0.39, 0.29) is 5.91 Å². The molecule has 4 aromatic rings. The molecule has 0 aliphatic heterocycles. The number of benzene rings is 2. The normalized spacial score (nSPS) is 10.6. The maximum Gasteiger partial charge on any atom is 0.272 e. The Morgan fingerprint density at radius 1 is 0.920 bits per heavy atom. The van der Waals surface area contributed by atoms with E-state index < -0.39 is 0 Å². The second-order valence-corrected chi connectivity index (χ2v) is 5.43. The fraction of sp³-hybridized carbons (Fsp3) is 0. The van der Waals surface area contributed by atoms with Gasteiger partial charge in [-0.05, 0) is 36.4 Å². The van der Waals surface area contributed by atoms with Gasteiger partial charge in [0.05, 0.1) is 5.69 Å². The van der Waals surface area contributed by atoms with Crippen LogP contribution in [-0.4, -0.2) is 15.3 Å². The van der Waals surface area contributed by atoms with Crippen molar-refractivity contribution in [1.29, 1.82) is 0 Å². The van der Waals surface area contributed by atoms with Crippen LogP contribution in [0, 0.1) is 0 Å². The van der Waals surface area contributed by atoms with E-state index in [4.69, 9.17) is 4.74 Å². The van der Waals surface area contributed by atoms with Gasteiger partial charge in [-0.3, -0.25) is 9.20 Å². The second kappa shape index (κ2) is 6.49. The van der Waals surface area contributed by atoms with Crippen LogP contribution in [0.15, 0.2) is 85.2 Å². The molecule has 4 rings (SSSR count). The van der Waals surface area contributed by atoms with E-state index in [1.807, 2.05) is 66.7 Å². The minimum absolute atomic E-state index is 0.229. The maximum atomic E-state index is 12.7.